The van der Waals surface area contributed by atoms with Gasteiger partial charge in [-0.25, -0.2) is 0 Å². The Bertz CT molecular complexity index is 463. The highest BCUT2D eigenvalue weighted by atomic mass is 15.5. The van der Waals surface area contributed by atoms with Crippen molar-refractivity contribution in [2.24, 2.45) is 5.92 Å². The fourth-order valence-electron chi connectivity index (χ4n) is 7.13. The number of fused-ring (bicyclic) bond motifs is 3. The molecule has 29 heavy (non-hydrogen) atoms. The second-order valence-corrected chi connectivity index (χ2v) is 10.7. The number of hydrogen-bond donors (Lipinski definition) is 1. The first kappa shape index (κ1) is 23.6. The first-order chi connectivity index (χ1) is 14.2. The van der Waals surface area contributed by atoms with E-state index in [-0.39, 0.29) is 0 Å². The molecule has 0 aromatic heterocycles. The molecule has 170 valence electrons. The second kappa shape index (κ2) is 11.5. The van der Waals surface area contributed by atoms with Crippen molar-refractivity contribution < 1.29 is 0 Å². The minimum absolute atomic E-state index is 0.349. The molecule has 3 aliphatic heterocycles. The van der Waals surface area contributed by atoms with Crippen LogP contribution in [0.5, 0.6) is 0 Å². The lowest BCUT2D eigenvalue weighted by molar-refractivity contribution is 0.00218. The van der Waals surface area contributed by atoms with Crippen molar-refractivity contribution >= 4 is 0 Å². The molecule has 0 radical (unpaired) electrons. The summed E-state index contributed by atoms with van der Waals surface area (Å²) in [6.07, 6.45) is 27.4. The van der Waals surface area contributed by atoms with Crippen LogP contribution >= 0.6 is 0 Å². The molecular formula is C27H52N2. The Hall–Kier alpha value is -0.0800. The molecule has 3 saturated heterocycles. The third kappa shape index (κ3) is 5.40. The summed E-state index contributed by atoms with van der Waals surface area (Å²) in [5, 5.41) is 4.13. The van der Waals surface area contributed by atoms with E-state index in [1.54, 1.807) is 0 Å². The zero-order valence-electron chi connectivity index (χ0n) is 20.2. The summed E-state index contributed by atoms with van der Waals surface area (Å²) >= 11 is 0. The topological polar surface area (TPSA) is 25.2 Å². The van der Waals surface area contributed by atoms with Crippen LogP contribution in [0, 0.1) is 5.92 Å². The molecule has 0 aromatic rings. The molecule has 3 aliphatic rings. The maximum absolute atomic E-state index is 4.13. The van der Waals surface area contributed by atoms with Crippen molar-refractivity contribution in [3.05, 3.63) is 0 Å². The number of hydrogen-bond acceptors (Lipinski definition) is 2. The van der Waals surface area contributed by atoms with E-state index in [0.717, 1.165) is 12.0 Å². The third-order valence-electron chi connectivity index (χ3n) is 8.91. The SMILES string of the molecule is CCCCCCCCCCC1CC2(CC)NC2(CC)N2CCCCCCCCC12. The van der Waals surface area contributed by atoms with Gasteiger partial charge in [-0.05, 0) is 44.4 Å². The van der Waals surface area contributed by atoms with Crippen LogP contribution in [0.15, 0.2) is 0 Å². The van der Waals surface area contributed by atoms with Crippen molar-refractivity contribution in [3.63, 3.8) is 0 Å². The highest BCUT2D eigenvalue weighted by Gasteiger charge is 2.71. The lowest BCUT2D eigenvalue weighted by atomic mass is 9.72. The normalized spacial score (nSPS) is 35.7. The zero-order chi connectivity index (χ0) is 20.6. The Morgan fingerprint density at radius 3 is 2.10 bits per heavy atom. The minimum atomic E-state index is 0.349. The Morgan fingerprint density at radius 2 is 1.41 bits per heavy atom. The Balaban J connectivity index is 1.57. The van der Waals surface area contributed by atoms with Gasteiger partial charge in [-0.1, -0.05) is 104 Å². The fraction of sp³-hybridized carbons (Fsp3) is 1.00. The van der Waals surface area contributed by atoms with Crippen LogP contribution in [0.4, 0.5) is 0 Å². The molecule has 4 unspecified atom stereocenters. The number of rotatable bonds is 11. The van der Waals surface area contributed by atoms with Crippen LogP contribution in [0.25, 0.3) is 0 Å². The number of piperidine rings is 1. The number of unbranched alkanes of at least 4 members (excludes halogenated alkanes) is 7. The van der Waals surface area contributed by atoms with Crippen LogP contribution in [0.3, 0.4) is 0 Å². The van der Waals surface area contributed by atoms with E-state index in [2.05, 4.69) is 31.0 Å². The summed E-state index contributed by atoms with van der Waals surface area (Å²) < 4.78 is 0. The molecular weight excluding hydrogens is 352 g/mol. The lowest BCUT2D eigenvalue weighted by Gasteiger charge is -2.49. The Kier molecular flexibility index (Phi) is 9.36. The predicted octanol–water partition coefficient (Wildman–Crippen LogP) is 7.81. The predicted molar refractivity (Wildman–Crippen MR) is 127 cm³/mol. The molecule has 2 heteroatoms. The lowest BCUT2D eigenvalue weighted by Crippen LogP contribution is -2.57. The van der Waals surface area contributed by atoms with Crippen LogP contribution < -0.4 is 5.32 Å². The molecule has 0 spiro atoms. The summed E-state index contributed by atoms with van der Waals surface area (Å²) in [7, 11) is 0. The highest BCUT2D eigenvalue weighted by molar-refractivity contribution is 5.28. The van der Waals surface area contributed by atoms with Crippen molar-refractivity contribution in [3.8, 4) is 0 Å². The van der Waals surface area contributed by atoms with Crippen LogP contribution in [-0.4, -0.2) is 28.7 Å². The van der Waals surface area contributed by atoms with E-state index < -0.39 is 0 Å². The maximum atomic E-state index is 4.13. The molecule has 0 bridgehead atoms. The van der Waals surface area contributed by atoms with Crippen LogP contribution in [0.1, 0.15) is 143 Å². The quantitative estimate of drug-likeness (QED) is 0.280. The first-order valence-electron chi connectivity index (χ1n) is 13.8. The molecule has 3 rings (SSSR count). The van der Waals surface area contributed by atoms with Crippen molar-refractivity contribution in [2.45, 2.75) is 160 Å². The zero-order valence-corrected chi connectivity index (χ0v) is 20.2. The standard InChI is InChI=1S/C27H52N2/c1-4-7-8-9-10-11-14-17-20-24-23-26(5-2)27(6-3,28-26)29-22-19-16-13-12-15-18-21-25(24)29/h24-25,28H,4-23H2,1-3H3. The summed E-state index contributed by atoms with van der Waals surface area (Å²) in [5.41, 5.74) is 0.786. The molecule has 1 N–H and O–H groups in total. The van der Waals surface area contributed by atoms with Gasteiger partial charge in [-0.15, -0.1) is 0 Å². The molecule has 0 amide bonds. The summed E-state index contributed by atoms with van der Waals surface area (Å²) in [6, 6.07) is 0.854. The van der Waals surface area contributed by atoms with E-state index in [0.29, 0.717) is 11.2 Å². The largest absolute Gasteiger partial charge is 0.289 e. The molecule has 3 fully saturated rings. The average molecular weight is 405 g/mol. The van der Waals surface area contributed by atoms with Gasteiger partial charge in [0.25, 0.3) is 0 Å². The average Bonchev–Trinajstić information content (AvgIpc) is 3.43. The maximum Gasteiger partial charge on any atom is 0.0905 e. The highest BCUT2D eigenvalue weighted by Crippen LogP contribution is 2.57. The summed E-state index contributed by atoms with van der Waals surface area (Å²) in [5.74, 6) is 0.934. The molecule has 0 aromatic carbocycles. The van der Waals surface area contributed by atoms with E-state index in [1.807, 2.05) is 0 Å². The first-order valence-corrected chi connectivity index (χ1v) is 13.8. The molecule has 2 nitrogen and oxygen atoms in total. The van der Waals surface area contributed by atoms with Gasteiger partial charge in [0.1, 0.15) is 0 Å². The van der Waals surface area contributed by atoms with Gasteiger partial charge < -0.3 is 0 Å². The molecule has 0 aliphatic carbocycles. The summed E-state index contributed by atoms with van der Waals surface area (Å²) in [6.45, 7) is 8.55. The van der Waals surface area contributed by atoms with E-state index in [9.17, 15) is 0 Å². The summed E-state index contributed by atoms with van der Waals surface area (Å²) in [4.78, 5) is 3.03. The van der Waals surface area contributed by atoms with Gasteiger partial charge in [-0.3, -0.25) is 10.2 Å². The van der Waals surface area contributed by atoms with Crippen molar-refractivity contribution in [1.29, 1.82) is 0 Å². The van der Waals surface area contributed by atoms with Gasteiger partial charge in [0, 0.05) is 12.6 Å². The smallest absolute Gasteiger partial charge is 0.0905 e. The molecule has 3 heterocycles. The third-order valence-corrected chi connectivity index (χ3v) is 8.91. The van der Waals surface area contributed by atoms with Crippen LogP contribution in [0.2, 0.25) is 0 Å². The number of nitrogens with one attached hydrogen (secondary N) is 1. The Morgan fingerprint density at radius 1 is 0.759 bits per heavy atom. The molecule has 0 saturated carbocycles. The van der Waals surface area contributed by atoms with Gasteiger partial charge in [0.2, 0.25) is 0 Å². The number of nitrogens with zero attached hydrogens (tertiary/aromatic N) is 1. The fourth-order valence-corrected chi connectivity index (χ4v) is 7.13. The van der Waals surface area contributed by atoms with Crippen molar-refractivity contribution in [2.75, 3.05) is 6.54 Å². The van der Waals surface area contributed by atoms with Gasteiger partial charge >= 0.3 is 0 Å². The Labute approximate surface area is 183 Å². The second-order valence-electron chi connectivity index (χ2n) is 10.7. The van der Waals surface area contributed by atoms with E-state index in [4.69, 9.17) is 0 Å². The molecule has 4 atom stereocenters. The van der Waals surface area contributed by atoms with E-state index in [1.165, 1.54) is 129 Å². The van der Waals surface area contributed by atoms with Gasteiger partial charge in [0.15, 0.2) is 0 Å². The van der Waals surface area contributed by atoms with E-state index >= 15 is 0 Å². The van der Waals surface area contributed by atoms with Crippen LogP contribution in [-0.2, 0) is 0 Å². The van der Waals surface area contributed by atoms with Gasteiger partial charge in [-0.2, -0.15) is 0 Å². The monoisotopic (exact) mass is 404 g/mol. The minimum Gasteiger partial charge on any atom is -0.289 e. The van der Waals surface area contributed by atoms with Crippen molar-refractivity contribution in [1.82, 2.24) is 10.2 Å². The van der Waals surface area contributed by atoms with Gasteiger partial charge in [0.05, 0.1) is 11.2 Å².